The standard InChI is InChI=1S/C14H23NO3/c1-12(2,3)14(13(4,5)6)8-17-7-9-10(14)18-11(16)15-9/h7-8H2,1-6H3,(H,15,16). The second kappa shape index (κ2) is 3.73. The molecule has 0 saturated carbocycles. The molecule has 1 aliphatic rings. The van der Waals surface area contributed by atoms with Crippen molar-refractivity contribution in [3.8, 4) is 0 Å². The lowest BCUT2D eigenvalue weighted by Crippen LogP contribution is -2.55. The molecule has 102 valence electrons. The van der Waals surface area contributed by atoms with E-state index in [9.17, 15) is 4.79 Å². The number of fused-ring (bicyclic) bond motifs is 1. The molecule has 1 aliphatic heterocycles. The van der Waals surface area contributed by atoms with Gasteiger partial charge in [0.1, 0.15) is 5.76 Å². The molecule has 0 radical (unpaired) electrons. The van der Waals surface area contributed by atoms with E-state index in [1.165, 1.54) is 0 Å². The molecule has 0 aliphatic carbocycles. The molecule has 2 rings (SSSR count). The van der Waals surface area contributed by atoms with Crippen LogP contribution in [0.2, 0.25) is 0 Å². The fraction of sp³-hybridized carbons (Fsp3) is 0.786. The van der Waals surface area contributed by atoms with Crippen molar-refractivity contribution < 1.29 is 9.15 Å². The van der Waals surface area contributed by atoms with Crippen LogP contribution in [0.15, 0.2) is 9.21 Å². The third-order valence-electron chi connectivity index (χ3n) is 4.24. The maximum absolute atomic E-state index is 11.5. The van der Waals surface area contributed by atoms with Gasteiger partial charge in [-0.15, -0.1) is 0 Å². The molecular formula is C14H23NO3. The number of hydrogen-bond donors (Lipinski definition) is 1. The summed E-state index contributed by atoms with van der Waals surface area (Å²) in [5.41, 5.74) is 0.334. The first-order valence-electron chi connectivity index (χ1n) is 6.40. The van der Waals surface area contributed by atoms with Gasteiger partial charge in [-0.2, -0.15) is 0 Å². The lowest BCUT2D eigenvalue weighted by molar-refractivity contribution is -0.0719. The minimum absolute atomic E-state index is 0.0709. The van der Waals surface area contributed by atoms with E-state index in [-0.39, 0.29) is 22.0 Å². The van der Waals surface area contributed by atoms with Crippen molar-refractivity contribution in [1.29, 1.82) is 0 Å². The van der Waals surface area contributed by atoms with E-state index >= 15 is 0 Å². The van der Waals surface area contributed by atoms with Gasteiger partial charge in [-0.3, -0.25) is 4.98 Å². The van der Waals surface area contributed by atoms with Crippen LogP contribution in [0, 0.1) is 10.8 Å². The predicted octanol–water partition coefficient (Wildman–Crippen LogP) is 2.83. The highest BCUT2D eigenvalue weighted by Gasteiger charge is 2.57. The first-order chi connectivity index (χ1) is 8.09. The van der Waals surface area contributed by atoms with E-state index in [0.29, 0.717) is 13.2 Å². The van der Waals surface area contributed by atoms with Gasteiger partial charge in [0.05, 0.1) is 24.3 Å². The predicted molar refractivity (Wildman–Crippen MR) is 69.6 cm³/mol. The third-order valence-corrected chi connectivity index (χ3v) is 4.24. The number of aromatic amines is 1. The van der Waals surface area contributed by atoms with E-state index in [2.05, 4.69) is 46.5 Å². The quantitative estimate of drug-likeness (QED) is 0.773. The van der Waals surface area contributed by atoms with Crippen LogP contribution in [0.1, 0.15) is 53.0 Å². The van der Waals surface area contributed by atoms with Gasteiger partial charge in [-0.25, -0.2) is 4.79 Å². The van der Waals surface area contributed by atoms with E-state index in [1.807, 2.05) is 0 Å². The Balaban J connectivity index is 2.75. The Morgan fingerprint density at radius 3 is 2.17 bits per heavy atom. The number of rotatable bonds is 0. The summed E-state index contributed by atoms with van der Waals surface area (Å²) in [6, 6.07) is 0. The molecule has 1 aromatic heterocycles. The lowest BCUT2D eigenvalue weighted by atomic mass is 9.52. The number of aromatic nitrogens is 1. The average Bonchev–Trinajstić information content (AvgIpc) is 2.53. The molecule has 4 heteroatoms. The van der Waals surface area contributed by atoms with E-state index in [4.69, 9.17) is 9.15 Å². The number of hydrogen-bond acceptors (Lipinski definition) is 3. The van der Waals surface area contributed by atoms with Crippen LogP contribution in [0.5, 0.6) is 0 Å². The highest BCUT2D eigenvalue weighted by atomic mass is 16.5. The summed E-state index contributed by atoms with van der Waals surface area (Å²) in [5, 5.41) is 0. The summed E-state index contributed by atoms with van der Waals surface area (Å²) in [7, 11) is 0. The monoisotopic (exact) mass is 253 g/mol. The Labute approximate surface area is 108 Å². The van der Waals surface area contributed by atoms with Crippen LogP contribution in [0.25, 0.3) is 0 Å². The van der Waals surface area contributed by atoms with Crippen LogP contribution >= 0.6 is 0 Å². The minimum Gasteiger partial charge on any atom is -0.412 e. The fourth-order valence-electron chi connectivity index (χ4n) is 3.42. The Hall–Kier alpha value is -1.03. The topological polar surface area (TPSA) is 55.2 Å². The fourth-order valence-corrected chi connectivity index (χ4v) is 3.42. The van der Waals surface area contributed by atoms with Crippen molar-refractivity contribution in [2.75, 3.05) is 6.61 Å². The van der Waals surface area contributed by atoms with Crippen LogP contribution in [0.3, 0.4) is 0 Å². The number of oxazole rings is 1. The molecule has 1 aromatic rings. The van der Waals surface area contributed by atoms with Crippen LogP contribution < -0.4 is 5.76 Å². The summed E-state index contributed by atoms with van der Waals surface area (Å²) in [4.78, 5) is 14.3. The zero-order valence-electron chi connectivity index (χ0n) is 12.1. The first kappa shape index (κ1) is 13.4. The summed E-state index contributed by atoms with van der Waals surface area (Å²) < 4.78 is 11.2. The molecule has 4 nitrogen and oxygen atoms in total. The van der Waals surface area contributed by atoms with Gasteiger partial charge in [0, 0.05) is 0 Å². The van der Waals surface area contributed by atoms with Gasteiger partial charge < -0.3 is 9.15 Å². The molecule has 0 saturated heterocycles. The molecule has 2 heterocycles. The summed E-state index contributed by atoms with van der Waals surface area (Å²) >= 11 is 0. The van der Waals surface area contributed by atoms with Gasteiger partial charge in [0.2, 0.25) is 0 Å². The highest BCUT2D eigenvalue weighted by Crippen LogP contribution is 2.55. The normalized spacial score (nSPS) is 19.7. The molecule has 1 N–H and O–H groups in total. The molecule has 0 amide bonds. The highest BCUT2D eigenvalue weighted by molar-refractivity contribution is 5.28. The SMILES string of the molecule is CC(C)(C)C1(C(C)(C)C)COCc2[nH]c(=O)oc21. The van der Waals surface area contributed by atoms with Gasteiger partial charge in [-0.05, 0) is 10.8 Å². The number of H-pyrrole nitrogens is 1. The molecule has 0 atom stereocenters. The van der Waals surface area contributed by atoms with E-state index < -0.39 is 0 Å². The van der Waals surface area contributed by atoms with E-state index in [0.717, 1.165) is 11.5 Å². The van der Waals surface area contributed by atoms with Gasteiger partial charge in [-0.1, -0.05) is 41.5 Å². The van der Waals surface area contributed by atoms with Crippen molar-refractivity contribution in [1.82, 2.24) is 4.98 Å². The van der Waals surface area contributed by atoms with Crippen molar-refractivity contribution in [2.45, 2.75) is 53.6 Å². The maximum atomic E-state index is 11.5. The number of ether oxygens (including phenoxy) is 1. The summed E-state index contributed by atoms with van der Waals surface area (Å²) in [6.07, 6.45) is 0. The molecule has 0 fully saturated rings. The average molecular weight is 253 g/mol. The molecule has 18 heavy (non-hydrogen) atoms. The van der Waals surface area contributed by atoms with Gasteiger partial charge in [0.15, 0.2) is 0 Å². The van der Waals surface area contributed by atoms with Crippen LogP contribution in [-0.2, 0) is 16.8 Å². The van der Waals surface area contributed by atoms with Crippen LogP contribution in [-0.4, -0.2) is 11.6 Å². The van der Waals surface area contributed by atoms with Crippen molar-refractivity contribution in [3.05, 3.63) is 22.0 Å². The molecule has 0 spiro atoms. The molecule has 0 bridgehead atoms. The minimum atomic E-state index is -0.386. The second-order valence-electron chi connectivity index (χ2n) is 7.22. The Kier molecular flexibility index (Phi) is 2.78. The maximum Gasteiger partial charge on any atom is 0.416 e. The molecular weight excluding hydrogens is 230 g/mol. The lowest BCUT2D eigenvalue weighted by Gasteiger charge is -2.53. The largest absolute Gasteiger partial charge is 0.416 e. The van der Waals surface area contributed by atoms with Crippen molar-refractivity contribution >= 4 is 0 Å². The number of nitrogens with one attached hydrogen (secondary N) is 1. The Morgan fingerprint density at radius 2 is 1.67 bits per heavy atom. The van der Waals surface area contributed by atoms with Crippen molar-refractivity contribution in [2.24, 2.45) is 10.8 Å². The van der Waals surface area contributed by atoms with E-state index in [1.54, 1.807) is 0 Å². The van der Waals surface area contributed by atoms with Gasteiger partial charge in [0.25, 0.3) is 0 Å². The summed E-state index contributed by atoms with van der Waals surface area (Å²) in [6.45, 7) is 14.0. The van der Waals surface area contributed by atoms with Crippen LogP contribution in [0.4, 0.5) is 0 Å². The van der Waals surface area contributed by atoms with Crippen molar-refractivity contribution in [3.63, 3.8) is 0 Å². The zero-order valence-corrected chi connectivity index (χ0v) is 12.1. The zero-order chi connectivity index (χ0) is 13.8. The molecule has 0 aromatic carbocycles. The Morgan fingerprint density at radius 1 is 1.11 bits per heavy atom. The Bertz CT molecular complexity index is 482. The molecule has 0 unspecified atom stereocenters. The third kappa shape index (κ3) is 1.66. The second-order valence-corrected chi connectivity index (χ2v) is 7.22. The summed E-state index contributed by atoms with van der Waals surface area (Å²) in [5.74, 6) is 0.391. The smallest absolute Gasteiger partial charge is 0.412 e. The first-order valence-corrected chi connectivity index (χ1v) is 6.40. The van der Waals surface area contributed by atoms with Gasteiger partial charge >= 0.3 is 5.76 Å².